The summed E-state index contributed by atoms with van der Waals surface area (Å²) in [5.74, 6) is -1.74. The maximum Gasteiger partial charge on any atom is 0.329 e. The SMILES string of the molecule is Cc1cccc(NC(=O)COC(=O)[C@@H](C)N2C(=O)[C@H]3[C@@H]4CC[C@@H](C4)[C@@H]3C2=O)c1. The molecule has 3 aliphatic rings. The first-order valence-electron chi connectivity index (χ1n) is 9.77. The number of carbonyl (C=O) groups is 4. The molecule has 1 heterocycles. The van der Waals surface area contributed by atoms with Crippen molar-refractivity contribution >= 4 is 29.4 Å². The normalized spacial score (nSPS) is 29.0. The molecule has 3 fully saturated rings. The molecule has 2 saturated carbocycles. The topological polar surface area (TPSA) is 92.8 Å². The highest BCUT2D eigenvalue weighted by molar-refractivity contribution is 6.08. The van der Waals surface area contributed by atoms with Gasteiger partial charge in [0.1, 0.15) is 6.04 Å². The third-order valence-electron chi connectivity index (χ3n) is 6.34. The van der Waals surface area contributed by atoms with Crippen LogP contribution in [0.15, 0.2) is 24.3 Å². The number of hydrogen-bond acceptors (Lipinski definition) is 5. The van der Waals surface area contributed by atoms with Crippen LogP contribution < -0.4 is 5.32 Å². The number of hydrogen-bond donors (Lipinski definition) is 1. The molecule has 3 amide bonds. The maximum absolute atomic E-state index is 12.8. The van der Waals surface area contributed by atoms with Crippen LogP contribution in [0.1, 0.15) is 31.7 Å². The smallest absolute Gasteiger partial charge is 0.329 e. The van der Waals surface area contributed by atoms with Crippen molar-refractivity contribution in [3.8, 4) is 0 Å². The van der Waals surface area contributed by atoms with E-state index in [2.05, 4.69) is 5.32 Å². The van der Waals surface area contributed by atoms with Gasteiger partial charge in [-0.3, -0.25) is 19.3 Å². The molecule has 5 atom stereocenters. The molecule has 0 radical (unpaired) electrons. The Bertz CT molecular complexity index is 823. The summed E-state index contributed by atoms with van der Waals surface area (Å²) in [6.45, 7) is 2.92. The second kappa shape index (κ2) is 7.04. The van der Waals surface area contributed by atoms with E-state index < -0.39 is 24.5 Å². The minimum atomic E-state index is -1.02. The van der Waals surface area contributed by atoms with Crippen molar-refractivity contribution in [1.82, 2.24) is 4.90 Å². The fourth-order valence-corrected chi connectivity index (χ4v) is 5.10. The molecule has 0 spiro atoms. The Kier molecular flexibility index (Phi) is 4.69. The Balaban J connectivity index is 1.34. The standard InChI is InChI=1S/C21H24N2O5/c1-11-4-3-5-15(8-11)22-16(24)10-28-21(27)12(2)23-19(25)17-13-6-7-14(9-13)18(17)20(23)26/h3-5,8,12-14,17-18H,6-7,9-10H2,1-2H3,(H,22,24)/t12-,13-,14+,17+,18+/m1/s1. The zero-order valence-corrected chi connectivity index (χ0v) is 16.0. The molecule has 1 aromatic carbocycles. The number of amides is 3. The van der Waals surface area contributed by atoms with Crippen molar-refractivity contribution in [2.24, 2.45) is 23.7 Å². The van der Waals surface area contributed by atoms with Crippen molar-refractivity contribution in [3.63, 3.8) is 0 Å². The number of likely N-dealkylation sites (tertiary alicyclic amines) is 1. The van der Waals surface area contributed by atoms with Crippen LogP contribution in [0.4, 0.5) is 5.69 Å². The molecule has 0 aromatic heterocycles. The average Bonchev–Trinajstić information content (AvgIpc) is 3.33. The molecule has 7 heteroatoms. The van der Waals surface area contributed by atoms with E-state index in [1.54, 1.807) is 12.1 Å². The van der Waals surface area contributed by atoms with Crippen molar-refractivity contribution in [1.29, 1.82) is 0 Å². The van der Waals surface area contributed by atoms with E-state index in [1.807, 2.05) is 19.1 Å². The van der Waals surface area contributed by atoms with E-state index in [0.717, 1.165) is 29.7 Å². The van der Waals surface area contributed by atoms with Gasteiger partial charge >= 0.3 is 5.97 Å². The summed E-state index contributed by atoms with van der Waals surface area (Å²) < 4.78 is 5.07. The molecule has 7 nitrogen and oxygen atoms in total. The predicted octanol–water partition coefficient (Wildman–Crippen LogP) is 1.90. The molecule has 0 unspecified atom stereocenters. The molecule has 4 rings (SSSR count). The van der Waals surface area contributed by atoms with Gasteiger partial charge in [0, 0.05) is 5.69 Å². The number of rotatable bonds is 5. The van der Waals surface area contributed by atoms with Gasteiger partial charge in [0.2, 0.25) is 11.8 Å². The maximum atomic E-state index is 12.8. The number of imide groups is 1. The van der Waals surface area contributed by atoms with Crippen LogP contribution in [0.2, 0.25) is 0 Å². The quantitative estimate of drug-likeness (QED) is 0.618. The summed E-state index contributed by atoms with van der Waals surface area (Å²) in [7, 11) is 0. The highest BCUT2D eigenvalue weighted by atomic mass is 16.5. The van der Waals surface area contributed by atoms with Crippen LogP contribution >= 0.6 is 0 Å². The van der Waals surface area contributed by atoms with E-state index in [1.165, 1.54) is 6.92 Å². The predicted molar refractivity (Wildman–Crippen MR) is 99.9 cm³/mol. The lowest BCUT2D eigenvalue weighted by atomic mass is 9.81. The lowest BCUT2D eigenvalue weighted by Gasteiger charge is -2.23. The molecule has 28 heavy (non-hydrogen) atoms. The largest absolute Gasteiger partial charge is 0.454 e. The molecular formula is C21H24N2O5. The van der Waals surface area contributed by atoms with Crippen molar-refractivity contribution < 1.29 is 23.9 Å². The Hall–Kier alpha value is -2.70. The van der Waals surface area contributed by atoms with Gasteiger partial charge in [-0.2, -0.15) is 0 Å². The zero-order valence-electron chi connectivity index (χ0n) is 16.0. The first-order chi connectivity index (χ1) is 13.4. The number of esters is 1. The van der Waals surface area contributed by atoms with Crippen LogP contribution in [0.25, 0.3) is 0 Å². The van der Waals surface area contributed by atoms with Gasteiger partial charge in [0.15, 0.2) is 6.61 Å². The number of benzene rings is 1. The first-order valence-corrected chi connectivity index (χ1v) is 9.77. The van der Waals surface area contributed by atoms with E-state index in [9.17, 15) is 19.2 Å². The van der Waals surface area contributed by atoms with Crippen molar-refractivity contribution in [3.05, 3.63) is 29.8 Å². The molecule has 2 aliphatic carbocycles. The van der Waals surface area contributed by atoms with Gasteiger partial charge < -0.3 is 10.1 Å². The van der Waals surface area contributed by atoms with E-state index in [0.29, 0.717) is 5.69 Å². The monoisotopic (exact) mass is 384 g/mol. The van der Waals surface area contributed by atoms with Crippen LogP contribution in [-0.4, -0.2) is 41.2 Å². The molecule has 2 bridgehead atoms. The number of aryl methyl sites for hydroxylation is 1. The summed E-state index contributed by atoms with van der Waals surface area (Å²) in [6.07, 6.45) is 2.91. The number of carbonyl (C=O) groups excluding carboxylic acids is 4. The number of ether oxygens (including phenoxy) is 1. The summed E-state index contributed by atoms with van der Waals surface area (Å²) in [5, 5.41) is 2.65. The Morgan fingerprint density at radius 2 is 1.82 bits per heavy atom. The van der Waals surface area contributed by atoms with Crippen LogP contribution in [-0.2, 0) is 23.9 Å². The van der Waals surface area contributed by atoms with Crippen molar-refractivity contribution in [2.75, 3.05) is 11.9 Å². The fraction of sp³-hybridized carbons (Fsp3) is 0.524. The van der Waals surface area contributed by atoms with Crippen LogP contribution in [0, 0.1) is 30.6 Å². The van der Waals surface area contributed by atoms with E-state index >= 15 is 0 Å². The minimum absolute atomic E-state index is 0.254. The first kappa shape index (κ1) is 18.7. The molecule has 148 valence electrons. The third kappa shape index (κ3) is 3.08. The fourth-order valence-electron chi connectivity index (χ4n) is 5.10. The number of fused-ring (bicyclic) bond motifs is 5. The number of anilines is 1. The molecule has 1 aliphatic heterocycles. The lowest BCUT2D eigenvalue weighted by Crippen LogP contribution is -2.45. The van der Waals surface area contributed by atoms with E-state index in [-0.39, 0.29) is 35.5 Å². The molecular weight excluding hydrogens is 360 g/mol. The number of nitrogens with one attached hydrogen (secondary N) is 1. The second-order valence-corrected chi connectivity index (χ2v) is 8.13. The van der Waals surface area contributed by atoms with Gasteiger partial charge in [-0.25, -0.2) is 4.79 Å². The second-order valence-electron chi connectivity index (χ2n) is 8.13. The summed E-state index contributed by atoms with van der Waals surface area (Å²) in [6, 6.07) is 6.24. The zero-order chi connectivity index (χ0) is 20.0. The molecule has 1 saturated heterocycles. The van der Waals surface area contributed by atoms with Gasteiger partial charge in [0.05, 0.1) is 11.8 Å². The van der Waals surface area contributed by atoms with Crippen LogP contribution in [0.5, 0.6) is 0 Å². The Morgan fingerprint density at radius 1 is 1.18 bits per heavy atom. The van der Waals surface area contributed by atoms with Crippen LogP contribution in [0.3, 0.4) is 0 Å². The highest BCUT2D eigenvalue weighted by Gasteiger charge is 2.62. The van der Waals surface area contributed by atoms with Crippen molar-refractivity contribution in [2.45, 2.75) is 39.2 Å². The van der Waals surface area contributed by atoms with Gasteiger partial charge in [-0.1, -0.05) is 12.1 Å². The summed E-state index contributed by atoms with van der Waals surface area (Å²) >= 11 is 0. The summed E-state index contributed by atoms with van der Waals surface area (Å²) in [5.41, 5.74) is 1.61. The van der Waals surface area contributed by atoms with Gasteiger partial charge in [-0.05, 0) is 62.6 Å². The summed E-state index contributed by atoms with van der Waals surface area (Å²) in [4.78, 5) is 51.0. The van der Waals surface area contributed by atoms with E-state index in [4.69, 9.17) is 4.74 Å². The minimum Gasteiger partial charge on any atom is -0.454 e. The van der Waals surface area contributed by atoms with Gasteiger partial charge in [-0.15, -0.1) is 0 Å². The molecule has 1 N–H and O–H groups in total. The molecule has 1 aromatic rings. The van der Waals surface area contributed by atoms with Gasteiger partial charge in [0.25, 0.3) is 5.91 Å². The number of nitrogens with zero attached hydrogens (tertiary/aromatic N) is 1. The Labute approximate surface area is 163 Å². The Morgan fingerprint density at radius 3 is 2.43 bits per heavy atom. The average molecular weight is 384 g/mol. The third-order valence-corrected chi connectivity index (χ3v) is 6.34. The highest BCUT2D eigenvalue weighted by Crippen LogP contribution is 2.56. The lowest BCUT2D eigenvalue weighted by molar-refractivity contribution is -0.159.